The van der Waals surface area contributed by atoms with Crippen molar-refractivity contribution < 1.29 is 32.9 Å². The third-order valence-electron chi connectivity index (χ3n) is 7.04. The highest BCUT2D eigenvalue weighted by Crippen LogP contribution is 2.36. The molecule has 42 heavy (non-hydrogen) atoms. The molecule has 0 radical (unpaired) electrons. The molecule has 4 rings (SSSR count). The van der Waals surface area contributed by atoms with Crippen molar-refractivity contribution in [3.8, 4) is 17.2 Å². The number of nitrogens with zero attached hydrogens (tertiary/aromatic N) is 2. The van der Waals surface area contributed by atoms with Crippen molar-refractivity contribution in [3.63, 3.8) is 0 Å². The Morgan fingerprint density at radius 3 is 2.26 bits per heavy atom. The lowest BCUT2D eigenvalue weighted by atomic mass is 9.89. The molecule has 0 saturated heterocycles. The molecule has 8 nitrogen and oxygen atoms in total. The molecule has 0 spiro atoms. The predicted molar refractivity (Wildman–Crippen MR) is 157 cm³/mol. The van der Waals surface area contributed by atoms with Crippen LogP contribution in [0.3, 0.4) is 0 Å². The van der Waals surface area contributed by atoms with Crippen LogP contribution in [0.25, 0.3) is 0 Å². The van der Waals surface area contributed by atoms with Crippen LogP contribution in [0, 0.1) is 12.7 Å². The van der Waals surface area contributed by atoms with Gasteiger partial charge in [0, 0.05) is 29.2 Å². The Balaban J connectivity index is 1.85. The zero-order valence-corrected chi connectivity index (χ0v) is 24.7. The first-order valence-electron chi connectivity index (χ1n) is 13.4. The minimum absolute atomic E-state index is 0.0126. The number of benzene rings is 3. The number of methoxy groups -OCH3 is 3. The van der Waals surface area contributed by atoms with Crippen molar-refractivity contribution in [2.24, 2.45) is 4.99 Å². The number of hydrogen-bond acceptors (Lipinski definition) is 8. The molecule has 0 aromatic heterocycles. The van der Waals surface area contributed by atoms with Gasteiger partial charge in [-0.05, 0) is 68.3 Å². The standard InChI is InChI=1S/C33H35FN2O6/c1-21-7-9-24(30(13-21)40-5)18-36(19-25-10-11-26(39-4)16-31(25)41-6)32-35-33(3,17-27(20-37)42-32)28-15-23(14-22(2)38)8-12-29(28)34/h7-13,15-17,20H,14,18-19H2,1-6H3/t33-/m0/s1. The van der Waals surface area contributed by atoms with Crippen molar-refractivity contribution in [1.29, 1.82) is 0 Å². The molecule has 1 aliphatic heterocycles. The van der Waals surface area contributed by atoms with E-state index in [-0.39, 0.29) is 42.6 Å². The van der Waals surface area contributed by atoms with Gasteiger partial charge in [-0.15, -0.1) is 0 Å². The first-order chi connectivity index (χ1) is 20.1. The van der Waals surface area contributed by atoms with E-state index in [9.17, 15) is 9.59 Å². The van der Waals surface area contributed by atoms with Crippen molar-refractivity contribution in [3.05, 3.63) is 100 Å². The molecule has 1 atom stereocenters. The summed E-state index contributed by atoms with van der Waals surface area (Å²) in [6.07, 6.45) is 2.21. The van der Waals surface area contributed by atoms with E-state index in [1.165, 1.54) is 19.1 Å². The minimum Gasteiger partial charge on any atom is -0.497 e. The number of Topliss-reactive ketones (excluding diaryl/α,β-unsaturated/α-hetero) is 1. The Hall–Kier alpha value is -4.66. The average molecular weight is 575 g/mol. The van der Waals surface area contributed by atoms with Gasteiger partial charge in [-0.1, -0.05) is 18.2 Å². The molecule has 0 bridgehead atoms. The minimum atomic E-state index is -1.31. The van der Waals surface area contributed by atoms with E-state index in [1.807, 2.05) is 42.2 Å². The third kappa shape index (κ3) is 6.79. The maximum atomic E-state index is 15.3. The molecule has 1 heterocycles. The average Bonchev–Trinajstić information content (AvgIpc) is 2.97. The normalized spacial score (nSPS) is 16.1. The van der Waals surface area contributed by atoms with Crippen LogP contribution in [0.1, 0.15) is 41.7 Å². The summed E-state index contributed by atoms with van der Waals surface area (Å²) in [6, 6.07) is 16.0. The van der Waals surface area contributed by atoms with Gasteiger partial charge in [0.1, 0.15) is 34.4 Å². The fourth-order valence-corrected chi connectivity index (χ4v) is 4.92. The first-order valence-corrected chi connectivity index (χ1v) is 13.4. The number of aliphatic imine (C=N–C) groups is 1. The maximum Gasteiger partial charge on any atom is 0.294 e. The molecule has 3 aromatic carbocycles. The van der Waals surface area contributed by atoms with Gasteiger partial charge in [-0.2, -0.15) is 0 Å². The molecule has 9 heteroatoms. The topological polar surface area (TPSA) is 86.7 Å². The Kier molecular flexibility index (Phi) is 9.30. The Labute approximate surface area is 245 Å². The van der Waals surface area contributed by atoms with Crippen molar-refractivity contribution in [1.82, 2.24) is 4.90 Å². The third-order valence-corrected chi connectivity index (χ3v) is 7.04. The van der Waals surface area contributed by atoms with Crippen LogP contribution in [0.15, 0.2) is 71.4 Å². The zero-order valence-electron chi connectivity index (χ0n) is 24.7. The number of carbonyl (C=O) groups excluding carboxylic acids is 2. The highest BCUT2D eigenvalue weighted by Gasteiger charge is 2.35. The quantitative estimate of drug-likeness (QED) is 0.273. The summed E-state index contributed by atoms with van der Waals surface area (Å²) in [4.78, 5) is 30.6. The van der Waals surface area contributed by atoms with Crippen LogP contribution in [0.4, 0.5) is 4.39 Å². The van der Waals surface area contributed by atoms with Crippen LogP contribution >= 0.6 is 0 Å². The number of carbonyl (C=O) groups is 2. The molecule has 0 N–H and O–H groups in total. The second-order valence-corrected chi connectivity index (χ2v) is 10.4. The molecule has 0 unspecified atom stereocenters. The SMILES string of the molecule is COc1ccc(CN(Cc2ccc(C)cc2OC)C2=N[C@](C)(c3cc(CC(C)=O)ccc3F)C=C(C=O)O2)c(OC)c1. The largest absolute Gasteiger partial charge is 0.497 e. The number of aryl methyl sites for hydroxylation is 1. The van der Waals surface area contributed by atoms with Crippen molar-refractivity contribution in [2.75, 3.05) is 21.3 Å². The summed E-state index contributed by atoms with van der Waals surface area (Å²) in [5.74, 6) is 1.32. The second kappa shape index (κ2) is 12.9. The van der Waals surface area contributed by atoms with Gasteiger partial charge in [-0.3, -0.25) is 9.59 Å². The molecule has 220 valence electrons. The zero-order chi connectivity index (χ0) is 30.4. The molecule has 3 aromatic rings. The number of rotatable bonds is 11. The van der Waals surface area contributed by atoms with E-state index in [2.05, 4.69) is 0 Å². The first kappa shape index (κ1) is 30.3. The molecule has 1 aliphatic rings. The van der Waals surface area contributed by atoms with Gasteiger partial charge in [-0.25, -0.2) is 9.38 Å². The lowest BCUT2D eigenvalue weighted by Crippen LogP contribution is -2.38. The number of aldehydes is 1. The summed E-state index contributed by atoms with van der Waals surface area (Å²) in [5, 5.41) is 0. The molecule has 0 saturated carbocycles. The van der Waals surface area contributed by atoms with E-state index >= 15 is 4.39 Å². The van der Waals surface area contributed by atoms with Crippen LogP contribution in [-0.2, 0) is 39.4 Å². The number of amidine groups is 1. The van der Waals surface area contributed by atoms with Crippen LogP contribution < -0.4 is 14.2 Å². The van der Waals surface area contributed by atoms with E-state index < -0.39 is 11.4 Å². The summed E-state index contributed by atoms with van der Waals surface area (Å²) < 4.78 is 38.0. The van der Waals surface area contributed by atoms with Gasteiger partial charge < -0.3 is 23.8 Å². The number of allylic oxidation sites excluding steroid dienone is 1. The Morgan fingerprint density at radius 2 is 1.64 bits per heavy atom. The van der Waals surface area contributed by atoms with Crippen molar-refractivity contribution >= 4 is 18.1 Å². The summed E-state index contributed by atoms with van der Waals surface area (Å²) >= 11 is 0. The second-order valence-electron chi connectivity index (χ2n) is 10.4. The molecular weight excluding hydrogens is 539 g/mol. The lowest BCUT2D eigenvalue weighted by Gasteiger charge is -2.34. The monoisotopic (exact) mass is 574 g/mol. The van der Waals surface area contributed by atoms with Gasteiger partial charge in [0.05, 0.1) is 34.4 Å². The van der Waals surface area contributed by atoms with Gasteiger partial charge >= 0.3 is 0 Å². The van der Waals surface area contributed by atoms with E-state index in [4.69, 9.17) is 23.9 Å². The number of halogens is 1. The van der Waals surface area contributed by atoms with Crippen LogP contribution in [0.5, 0.6) is 17.2 Å². The summed E-state index contributed by atoms with van der Waals surface area (Å²) in [7, 11) is 4.75. The van der Waals surface area contributed by atoms with Gasteiger partial charge in [0.25, 0.3) is 6.02 Å². The highest BCUT2D eigenvalue weighted by atomic mass is 19.1. The van der Waals surface area contributed by atoms with Gasteiger partial charge in [0.2, 0.25) is 0 Å². The highest BCUT2D eigenvalue weighted by molar-refractivity contribution is 5.84. The number of ether oxygens (including phenoxy) is 4. The fourth-order valence-electron chi connectivity index (χ4n) is 4.92. The lowest BCUT2D eigenvalue weighted by molar-refractivity contribution is -0.116. The Bertz CT molecular complexity index is 1550. The van der Waals surface area contributed by atoms with E-state index in [0.717, 1.165) is 16.7 Å². The van der Waals surface area contributed by atoms with Crippen LogP contribution in [-0.4, -0.2) is 44.3 Å². The number of ketones is 1. The summed E-state index contributed by atoms with van der Waals surface area (Å²) in [5.41, 5.74) is 2.24. The molecule has 0 amide bonds. The van der Waals surface area contributed by atoms with Gasteiger partial charge in [0.15, 0.2) is 12.0 Å². The summed E-state index contributed by atoms with van der Waals surface area (Å²) in [6.45, 7) is 5.70. The molecular formula is C33H35FN2O6. The maximum absolute atomic E-state index is 15.3. The predicted octanol–water partition coefficient (Wildman–Crippen LogP) is 5.68. The Morgan fingerprint density at radius 1 is 0.976 bits per heavy atom. The molecule has 0 fully saturated rings. The van der Waals surface area contributed by atoms with Crippen LogP contribution in [0.2, 0.25) is 0 Å². The number of hydrogen-bond donors (Lipinski definition) is 0. The van der Waals surface area contributed by atoms with Crippen molar-refractivity contribution in [2.45, 2.75) is 45.8 Å². The van der Waals surface area contributed by atoms with E-state index in [0.29, 0.717) is 29.1 Å². The fraction of sp³-hybridized carbons (Fsp3) is 0.303. The smallest absolute Gasteiger partial charge is 0.294 e. The molecule has 0 aliphatic carbocycles. The van der Waals surface area contributed by atoms with E-state index in [1.54, 1.807) is 46.5 Å².